The second kappa shape index (κ2) is 4.68. The van der Waals surface area contributed by atoms with Gasteiger partial charge in [-0.1, -0.05) is 48.4 Å². The van der Waals surface area contributed by atoms with Gasteiger partial charge in [0.15, 0.2) is 0 Å². The van der Waals surface area contributed by atoms with Crippen LogP contribution in [0.15, 0.2) is 48.5 Å². The third-order valence-corrected chi connectivity index (χ3v) is 2.62. The zero-order valence-electron chi connectivity index (χ0n) is 9.62. The summed E-state index contributed by atoms with van der Waals surface area (Å²) in [6.07, 6.45) is 0. The first-order valence-electron chi connectivity index (χ1n) is 5.40. The van der Waals surface area contributed by atoms with Crippen LogP contribution in [0.3, 0.4) is 0 Å². The van der Waals surface area contributed by atoms with Crippen LogP contribution in [0.5, 0.6) is 0 Å². The second-order valence-corrected chi connectivity index (χ2v) is 3.74. The maximum absolute atomic E-state index is 3.15. The van der Waals surface area contributed by atoms with Crippen LogP contribution in [0.2, 0.25) is 0 Å². The molecule has 0 saturated carbocycles. The first-order chi connectivity index (χ1) is 7.83. The van der Waals surface area contributed by atoms with Crippen molar-refractivity contribution in [2.75, 3.05) is 0 Å². The zero-order valence-corrected chi connectivity index (χ0v) is 9.62. The van der Waals surface area contributed by atoms with E-state index in [2.05, 4.69) is 61.2 Å². The predicted octanol–water partition coefficient (Wildman–Crippen LogP) is 4.03. The molecular weight excluding hydrogens is 192 g/mol. The Bertz CT molecular complexity index is 553. The smallest absolute Gasteiger partial charge is 0.0323 e. The minimum absolute atomic E-state index is 1.10. The minimum Gasteiger partial charge on any atom is -0.101 e. The van der Waals surface area contributed by atoms with E-state index in [-0.39, 0.29) is 0 Å². The fraction of sp³-hybridized carbons (Fsp3) is 0.125. The maximum Gasteiger partial charge on any atom is 0.0323 e. The summed E-state index contributed by atoms with van der Waals surface area (Å²) in [6.45, 7) is 4.00. The molecule has 16 heavy (non-hydrogen) atoms. The molecule has 0 fully saturated rings. The van der Waals surface area contributed by atoms with Gasteiger partial charge in [-0.3, -0.25) is 0 Å². The Morgan fingerprint density at radius 1 is 0.812 bits per heavy atom. The van der Waals surface area contributed by atoms with Crippen molar-refractivity contribution in [3.63, 3.8) is 0 Å². The quantitative estimate of drug-likeness (QED) is 0.618. The fourth-order valence-corrected chi connectivity index (χ4v) is 1.84. The molecule has 0 aromatic heterocycles. The van der Waals surface area contributed by atoms with Crippen molar-refractivity contribution in [3.05, 3.63) is 59.7 Å². The first-order valence-corrected chi connectivity index (χ1v) is 5.40. The Kier molecular flexibility index (Phi) is 3.08. The zero-order chi connectivity index (χ0) is 11.4. The van der Waals surface area contributed by atoms with Gasteiger partial charge < -0.3 is 0 Å². The van der Waals surface area contributed by atoms with Crippen molar-refractivity contribution < 1.29 is 0 Å². The van der Waals surface area contributed by atoms with Gasteiger partial charge in [0.25, 0.3) is 0 Å². The number of hydrogen-bond donors (Lipinski definition) is 0. The number of hydrogen-bond acceptors (Lipinski definition) is 0. The molecule has 0 nitrogen and oxygen atoms in total. The molecule has 2 rings (SSSR count). The summed E-state index contributed by atoms with van der Waals surface area (Å²) in [5.41, 5.74) is 4.86. The van der Waals surface area contributed by atoms with Crippen molar-refractivity contribution in [1.82, 2.24) is 0 Å². The van der Waals surface area contributed by atoms with Gasteiger partial charge in [0.05, 0.1) is 0 Å². The molecule has 0 atom stereocenters. The molecule has 0 heteroatoms. The van der Waals surface area contributed by atoms with Gasteiger partial charge in [0, 0.05) is 5.56 Å². The molecule has 0 spiro atoms. The second-order valence-electron chi connectivity index (χ2n) is 3.74. The maximum atomic E-state index is 3.15. The SMILES string of the molecule is CC#Cc1ccccc1-c1ccccc1C. The largest absolute Gasteiger partial charge is 0.101 e. The number of rotatable bonds is 1. The lowest BCUT2D eigenvalue weighted by atomic mass is 9.96. The van der Waals surface area contributed by atoms with Crippen molar-refractivity contribution in [2.24, 2.45) is 0 Å². The van der Waals surface area contributed by atoms with Gasteiger partial charge in [-0.25, -0.2) is 0 Å². The highest BCUT2D eigenvalue weighted by Crippen LogP contribution is 2.25. The third kappa shape index (κ3) is 1.99. The Morgan fingerprint density at radius 2 is 1.44 bits per heavy atom. The summed E-state index contributed by atoms with van der Waals surface area (Å²) in [7, 11) is 0. The molecule has 0 saturated heterocycles. The third-order valence-electron chi connectivity index (χ3n) is 2.62. The van der Waals surface area contributed by atoms with Crippen LogP contribution in [-0.4, -0.2) is 0 Å². The highest BCUT2D eigenvalue weighted by Gasteiger charge is 2.04. The van der Waals surface area contributed by atoms with E-state index in [0.717, 1.165) is 5.56 Å². The molecule has 0 aliphatic carbocycles. The van der Waals surface area contributed by atoms with E-state index in [1.54, 1.807) is 0 Å². The topological polar surface area (TPSA) is 0 Å². The van der Waals surface area contributed by atoms with E-state index < -0.39 is 0 Å². The van der Waals surface area contributed by atoms with E-state index >= 15 is 0 Å². The summed E-state index contributed by atoms with van der Waals surface area (Å²) in [5, 5.41) is 0. The van der Waals surface area contributed by atoms with Crippen LogP contribution in [0.1, 0.15) is 18.1 Å². The summed E-state index contributed by atoms with van der Waals surface area (Å²) >= 11 is 0. The summed E-state index contributed by atoms with van der Waals surface area (Å²) in [6, 6.07) is 16.7. The van der Waals surface area contributed by atoms with Crippen molar-refractivity contribution in [2.45, 2.75) is 13.8 Å². The highest BCUT2D eigenvalue weighted by atomic mass is 14.1. The van der Waals surface area contributed by atoms with E-state index in [0.29, 0.717) is 0 Å². The van der Waals surface area contributed by atoms with E-state index in [1.807, 2.05) is 13.0 Å². The van der Waals surface area contributed by atoms with Crippen LogP contribution >= 0.6 is 0 Å². The predicted molar refractivity (Wildman–Crippen MR) is 69.2 cm³/mol. The summed E-state index contributed by atoms with van der Waals surface area (Å²) < 4.78 is 0. The molecule has 0 aliphatic heterocycles. The molecule has 0 unspecified atom stereocenters. The van der Waals surface area contributed by atoms with Gasteiger partial charge >= 0.3 is 0 Å². The van der Waals surface area contributed by atoms with Crippen molar-refractivity contribution in [1.29, 1.82) is 0 Å². The average Bonchev–Trinajstić information content (AvgIpc) is 2.31. The Labute approximate surface area is 96.9 Å². The molecule has 0 heterocycles. The van der Waals surface area contributed by atoms with Gasteiger partial charge in [-0.05, 0) is 36.6 Å². The summed E-state index contributed by atoms with van der Waals surface area (Å²) in [4.78, 5) is 0. The van der Waals surface area contributed by atoms with Crippen LogP contribution in [-0.2, 0) is 0 Å². The molecule has 0 radical (unpaired) electrons. The normalized spacial score (nSPS) is 9.38. The minimum atomic E-state index is 1.10. The molecule has 2 aromatic rings. The Balaban J connectivity index is 2.63. The van der Waals surface area contributed by atoms with Gasteiger partial charge in [0.2, 0.25) is 0 Å². The lowest BCUT2D eigenvalue weighted by Gasteiger charge is -2.07. The van der Waals surface area contributed by atoms with Gasteiger partial charge in [-0.15, -0.1) is 5.92 Å². The highest BCUT2D eigenvalue weighted by molar-refractivity contribution is 5.73. The lowest BCUT2D eigenvalue weighted by molar-refractivity contribution is 1.45. The monoisotopic (exact) mass is 206 g/mol. The van der Waals surface area contributed by atoms with E-state index in [9.17, 15) is 0 Å². The molecule has 0 bridgehead atoms. The molecule has 0 N–H and O–H groups in total. The fourth-order valence-electron chi connectivity index (χ4n) is 1.84. The average molecular weight is 206 g/mol. The van der Waals surface area contributed by atoms with E-state index in [1.165, 1.54) is 16.7 Å². The molecular formula is C16H14. The number of benzene rings is 2. The Morgan fingerprint density at radius 3 is 2.12 bits per heavy atom. The van der Waals surface area contributed by atoms with Crippen LogP contribution < -0.4 is 0 Å². The number of aryl methyl sites for hydroxylation is 1. The van der Waals surface area contributed by atoms with Crippen molar-refractivity contribution in [3.8, 4) is 23.0 Å². The molecule has 0 aliphatic rings. The molecule has 78 valence electrons. The van der Waals surface area contributed by atoms with Gasteiger partial charge in [0.1, 0.15) is 0 Å². The van der Waals surface area contributed by atoms with Crippen LogP contribution in [0.25, 0.3) is 11.1 Å². The van der Waals surface area contributed by atoms with Gasteiger partial charge in [-0.2, -0.15) is 0 Å². The Hall–Kier alpha value is -2.00. The van der Waals surface area contributed by atoms with Crippen LogP contribution in [0, 0.1) is 18.8 Å². The standard InChI is InChI=1S/C16H14/c1-3-8-14-10-5-7-12-16(14)15-11-6-4-9-13(15)2/h4-7,9-12H,1-2H3. The lowest BCUT2D eigenvalue weighted by Crippen LogP contribution is -1.86. The first kappa shape index (κ1) is 10.5. The molecule has 0 amide bonds. The summed E-state index contributed by atoms with van der Waals surface area (Å²) in [5.74, 6) is 6.12. The molecule has 2 aromatic carbocycles. The van der Waals surface area contributed by atoms with Crippen molar-refractivity contribution >= 4 is 0 Å². The van der Waals surface area contributed by atoms with E-state index in [4.69, 9.17) is 0 Å². The van der Waals surface area contributed by atoms with Crippen LogP contribution in [0.4, 0.5) is 0 Å².